The Balaban J connectivity index is 1.81. The Hall–Kier alpha value is -1.53. The lowest BCUT2D eigenvalue weighted by Crippen LogP contribution is -2.77. The Morgan fingerprint density at radius 3 is 2.37 bits per heavy atom. The van der Waals surface area contributed by atoms with Crippen LogP contribution in [0.1, 0.15) is 12.5 Å². The Kier molecular flexibility index (Phi) is 3.96. The zero-order chi connectivity index (χ0) is 22.0. The maximum Gasteiger partial charge on any atom is 0.264 e. The summed E-state index contributed by atoms with van der Waals surface area (Å²) in [7, 11) is 8.43. The minimum absolute atomic E-state index is 0.179. The number of aliphatic hydroxyl groups is 2. The molecule has 12 heteroatoms. The van der Waals surface area contributed by atoms with Crippen molar-refractivity contribution < 1.29 is 29.3 Å². The quantitative estimate of drug-likeness (QED) is 0.604. The number of carbonyl (C=O) groups is 2. The van der Waals surface area contributed by atoms with E-state index in [1.165, 1.54) is 40.9 Å². The van der Waals surface area contributed by atoms with Crippen LogP contribution in [0.15, 0.2) is 6.07 Å². The van der Waals surface area contributed by atoms with E-state index in [1.807, 2.05) is 0 Å². The second-order valence-corrected chi connectivity index (χ2v) is 11.1. The number of likely N-dealkylation sites (N-methyl/N-ethyl adjacent to an activating group) is 2. The van der Waals surface area contributed by atoms with Crippen LogP contribution in [0.3, 0.4) is 0 Å². The summed E-state index contributed by atoms with van der Waals surface area (Å²) in [5, 5.41) is 23.6. The summed E-state index contributed by atoms with van der Waals surface area (Å²) >= 11 is 6.39. The average molecular weight is 474 g/mol. The van der Waals surface area contributed by atoms with E-state index < -0.39 is 33.5 Å². The molecule has 2 unspecified atom stereocenters. The van der Waals surface area contributed by atoms with E-state index >= 15 is 0 Å². The molecule has 1 aromatic carbocycles. The van der Waals surface area contributed by atoms with Gasteiger partial charge >= 0.3 is 0 Å². The van der Waals surface area contributed by atoms with Crippen molar-refractivity contribution in [2.75, 3.05) is 33.2 Å². The summed E-state index contributed by atoms with van der Waals surface area (Å²) in [4.78, 5) is 28.5. The number of anilines is 1. The van der Waals surface area contributed by atoms with Crippen LogP contribution in [0.4, 0.5) is 5.69 Å². The molecule has 5 heterocycles. The van der Waals surface area contributed by atoms with Crippen LogP contribution in [0.2, 0.25) is 5.02 Å². The molecule has 0 radical (unpaired) electrons. The molecule has 5 atom stereocenters. The molecule has 5 aliphatic rings. The number of methoxy groups -OCH3 is 2. The van der Waals surface area contributed by atoms with E-state index in [0.29, 0.717) is 5.69 Å². The van der Waals surface area contributed by atoms with Crippen LogP contribution < -0.4 is 14.4 Å². The maximum absolute atomic E-state index is 13.6. The number of aliphatic hydroxyl groups excluding tert-OH is 1. The molecule has 2 N–H and O–H groups in total. The Bertz CT molecular complexity index is 1030. The van der Waals surface area contributed by atoms with Crippen molar-refractivity contribution in [3.63, 3.8) is 0 Å². The Morgan fingerprint density at radius 1 is 1.13 bits per heavy atom. The summed E-state index contributed by atoms with van der Waals surface area (Å²) in [6.07, 6.45) is -2.63. The topological polar surface area (TPSA) is 103 Å². The minimum atomic E-state index is -1.97. The molecule has 2 bridgehead atoms. The van der Waals surface area contributed by atoms with E-state index in [2.05, 4.69) is 0 Å². The zero-order valence-electron chi connectivity index (χ0n) is 16.8. The summed E-state index contributed by atoms with van der Waals surface area (Å²) in [5.74, 6) is -0.232. The number of hydrogen-bond acceptors (Lipinski definition) is 9. The Labute approximate surface area is 185 Å². The second-order valence-electron chi connectivity index (χ2n) is 7.92. The molecule has 9 nitrogen and oxygen atoms in total. The monoisotopic (exact) mass is 473 g/mol. The normalized spacial score (nSPS) is 38.7. The van der Waals surface area contributed by atoms with E-state index in [0.717, 1.165) is 10.8 Å². The van der Waals surface area contributed by atoms with Crippen LogP contribution in [-0.2, 0) is 15.2 Å². The molecule has 0 saturated carbocycles. The molecule has 5 aliphatic heterocycles. The first-order valence-electron chi connectivity index (χ1n) is 9.10. The second kappa shape index (κ2) is 5.83. The first kappa shape index (κ1) is 20.4. The fourth-order valence-electron chi connectivity index (χ4n) is 5.10. The predicted molar refractivity (Wildman–Crippen MR) is 113 cm³/mol. The van der Waals surface area contributed by atoms with Crippen LogP contribution in [0, 0.1) is 0 Å². The third-order valence-corrected chi connectivity index (χ3v) is 10.7. The average Bonchev–Trinajstić information content (AvgIpc) is 3.06. The highest BCUT2D eigenvalue weighted by molar-refractivity contribution is 8.78. The number of benzene rings is 1. The number of rotatable bonds is 2. The number of carbonyl (C=O) groups excluding carboxylic acids is 2. The molecule has 30 heavy (non-hydrogen) atoms. The summed E-state index contributed by atoms with van der Waals surface area (Å²) in [6, 6.07) is 1.50. The van der Waals surface area contributed by atoms with Gasteiger partial charge < -0.3 is 29.5 Å². The van der Waals surface area contributed by atoms with Crippen LogP contribution in [0.25, 0.3) is 0 Å². The molecular formula is C18H20ClN3O6S2. The molecule has 4 saturated heterocycles. The number of halogens is 1. The van der Waals surface area contributed by atoms with E-state index in [1.54, 1.807) is 25.9 Å². The smallest absolute Gasteiger partial charge is 0.264 e. The fraction of sp³-hybridized carbons (Fsp3) is 0.556. The van der Waals surface area contributed by atoms with Gasteiger partial charge in [-0.2, -0.15) is 0 Å². The number of hydrogen-bond donors (Lipinski definition) is 2. The number of amides is 2. The largest absolute Gasteiger partial charge is 0.491 e. The molecular weight excluding hydrogens is 454 g/mol. The number of nitrogens with zero attached hydrogens (tertiary/aromatic N) is 3. The van der Waals surface area contributed by atoms with Gasteiger partial charge in [-0.05, 0) is 23.8 Å². The van der Waals surface area contributed by atoms with Crippen molar-refractivity contribution in [3.8, 4) is 11.5 Å². The van der Waals surface area contributed by atoms with Crippen LogP contribution >= 0.6 is 33.2 Å². The summed E-state index contributed by atoms with van der Waals surface area (Å²) < 4.78 is 10.9. The number of fused-ring (bicyclic) bond motifs is 5. The highest BCUT2D eigenvalue weighted by Gasteiger charge is 2.82. The molecule has 6 rings (SSSR count). The van der Waals surface area contributed by atoms with Crippen LogP contribution in [-0.4, -0.2) is 82.2 Å². The van der Waals surface area contributed by atoms with Crippen molar-refractivity contribution in [1.82, 2.24) is 9.80 Å². The first-order valence-corrected chi connectivity index (χ1v) is 11.6. The van der Waals surface area contributed by atoms with Gasteiger partial charge in [-0.25, -0.2) is 0 Å². The van der Waals surface area contributed by atoms with Crippen molar-refractivity contribution in [2.24, 2.45) is 0 Å². The molecule has 1 aromatic rings. The summed E-state index contributed by atoms with van der Waals surface area (Å²) in [5.41, 5.74) is -1.25. The zero-order valence-corrected chi connectivity index (χ0v) is 19.2. The first-order chi connectivity index (χ1) is 14.0. The van der Waals surface area contributed by atoms with Gasteiger partial charge in [0.1, 0.15) is 12.3 Å². The summed E-state index contributed by atoms with van der Waals surface area (Å²) in [6.45, 7) is 1.67. The van der Waals surface area contributed by atoms with Crippen molar-refractivity contribution in [1.29, 1.82) is 0 Å². The van der Waals surface area contributed by atoms with Gasteiger partial charge in [-0.15, -0.1) is 0 Å². The molecule has 0 aromatic heterocycles. The van der Waals surface area contributed by atoms with Gasteiger partial charge in [-0.3, -0.25) is 14.5 Å². The van der Waals surface area contributed by atoms with Crippen molar-refractivity contribution in [2.45, 2.75) is 34.5 Å². The lowest BCUT2D eigenvalue weighted by Gasteiger charge is -2.58. The standard InChI is InChI=1S/C18H20ClN3O6S2/c1-16-14(24)22-13-17(26,12(23)18(22,30-29-16)15(25)21(16)3)7-6-8(19)10(27-4)11(28-5)9(7)20(13)2/h6,12-13,23,26H,1-5H3/t12?,13-,16-,17-,18?/m1/s1. The van der Waals surface area contributed by atoms with Gasteiger partial charge in [-0.1, -0.05) is 22.4 Å². The minimum Gasteiger partial charge on any atom is -0.491 e. The maximum atomic E-state index is 13.6. The molecule has 2 amide bonds. The van der Waals surface area contributed by atoms with Crippen molar-refractivity contribution in [3.05, 3.63) is 16.7 Å². The van der Waals surface area contributed by atoms with E-state index in [-0.39, 0.29) is 28.0 Å². The molecule has 1 spiro atoms. The lowest BCUT2D eigenvalue weighted by molar-refractivity contribution is -0.166. The number of piperazine rings is 1. The SMILES string of the molecule is COc1c(Cl)cc2c(c1OC)N(C)[C@@H]1N3C(=O)[C@@]4(C)SSC3(C(=O)N4C)C(O)[C@]21O. The third kappa shape index (κ3) is 1.81. The van der Waals surface area contributed by atoms with Crippen LogP contribution in [0.5, 0.6) is 11.5 Å². The van der Waals surface area contributed by atoms with Gasteiger partial charge in [0.15, 0.2) is 22.0 Å². The third-order valence-electron chi connectivity index (χ3n) is 6.70. The highest BCUT2D eigenvalue weighted by atomic mass is 35.5. The molecule has 162 valence electrons. The van der Waals surface area contributed by atoms with Gasteiger partial charge in [0.05, 0.1) is 24.9 Å². The van der Waals surface area contributed by atoms with Gasteiger partial charge in [0, 0.05) is 19.7 Å². The molecule has 4 fully saturated rings. The van der Waals surface area contributed by atoms with E-state index in [4.69, 9.17) is 21.1 Å². The van der Waals surface area contributed by atoms with Gasteiger partial charge in [0.2, 0.25) is 4.87 Å². The van der Waals surface area contributed by atoms with Crippen molar-refractivity contribution >= 4 is 50.7 Å². The fourth-order valence-corrected chi connectivity index (χ4v) is 8.91. The lowest BCUT2D eigenvalue weighted by atomic mass is 9.87. The predicted octanol–water partition coefficient (Wildman–Crippen LogP) is 0.803. The Morgan fingerprint density at radius 2 is 1.77 bits per heavy atom. The van der Waals surface area contributed by atoms with E-state index in [9.17, 15) is 19.8 Å². The number of ether oxygens (including phenoxy) is 2. The highest BCUT2D eigenvalue weighted by Crippen LogP contribution is 2.69. The molecule has 0 aliphatic carbocycles. The van der Waals surface area contributed by atoms with Gasteiger partial charge in [0.25, 0.3) is 11.8 Å².